The molecule has 540 valence electrons. The first-order valence-electron chi connectivity index (χ1n) is 35.5. The van der Waals surface area contributed by atoms with Crippen LogP contribution in [0.4, 0.5) is 9.59 Å². The van der Waals surface area contributed by atoms with Crippen LogP contribution in [-0.2, 0) is 23.9 Å². The first kappa shape index (κ1) is 96.2. The SMILES string of the molecule is C.CC(=O)C(C)(C)C.CC(=O)CCC(C)(C)C(C)(C)C.CC(C)(C)C(C)(C)C.CC(C)(C)C1CCCCC1.CC(C)(C)C1CCCCN1.CC(C)(C)OC(=O)N1CCC(C(C)(C)C)CC1.CC(C)(C)OC(=O)N1CCCCC1C(C)(C)C.CCC(=O)C(C)(C)C. The van der Waals surface area contributed by atoms with E-state index < -0.39 is 11.2 Å². The molecule has 3 heterocycles. The monoisotopic (exact) mass is 1280 g/mol. The largest absolute Gasteiger partial charge is 0.444 e. The molecule has 0 aromatic heterocycles. The Balaban J connectivity index is -0.000000312. The molecular formula is C80H163N3O7. The molecule has 0 bridgehead atoms. The number of likely N-dealkylation sites (tertiary alicyclic amines) is 2. The van der Waals surface area contributed by atoms with E-state index in [1.54, 1.807) is 13.8 Å². The molecule has 10 nitrogen and oxygen atoms in total. The van der Waals surface area contributed by atoms with Crippen molar-refractivity contribution in [2.75, 3.05) is 26.2 Å². The Bertz CT molecular complexity index is 1910. The first-order valence-corrected chi connectivity index (χ1v) is 35.5. The van der Waals surface area contributed by atoms with Gasteiger partial charge in [-0.05, 0) is 181 Å². The second-order valence-corrected chi connectivity index (χ2v) is 38.9. The number of nitrogens with one attached hydrogen (secondary N) is 1. The van der Waals surface area contributed by atoms with Crippen molar-refractivity contribution < 1.29 is 33.4 Å². The molecule has 0 radical (unpaired) electrons. The highest BCUT2D eigenvalue weighted by Crippen LogP contribution is 2.42. The lowest BCUT2D eigenvalue weighted by Gasteiger charge is -2.43. The summed E-state index contributed by atoms with van der Waals surface area (Å²) >= 11 is 0. The van der Waals surface area contributed by atoms with Crippen LogP contribution in [0, 0.1) is 66.0 Å². The lowest BCUT2D eigenvalue weighted by Crippen LogP contribution is -2.51. The molecule has 1 N–H and O–H groups in total. The number of hydrogen-bond acceptors (Lipinski definition) is 8. The molecule has 1 aliphatic carbocycles. The molecule has 2 unspecified atom stereocenters. The Kier molecular flexibility index (Phi) is 42.9. The van der Waals surface area contributed by atoms with E-state index in [0.717, 1.165) is 63.7 Å². The minimum atomic E-state index is -0.406. The Hall–Kier alpha value is -2.49. The van der Waals surface area contributed by atoms with Crippen molar-refractivity contribution in [3.05, 3.63) is 0 Å². The van der Waals surface area contributed by atoms with Gasteiger partial charge in [-0.2, -0.15) is 0 Å². The van der Waals surface area contributed by atoms with Gasteiger partial charge in [-0.3, -0.25) is 9.59 Å². The highest BCUT2D eigenvalue weighted by molar-refractivity contribution is 5.83. The number of carbonyl (C=O) groups is 5. The van der Waals surface area contributed by atoms with E-state index in [-0.39, 0.29) is 52.5 Å². The fourth-order valence-electron chi connectivity index (χ4n) is 9.58. The maximum absolute atomic E-state index is 12.2. The summed E-state index contributed by atoms with van der Waals surface area (Å²) in [6.07, 6.45) is 19.1. The van der Waals surface area contributed by atoms with Crippen LogP contribution in [0.1, 0.15) is 373 Å². The third-order valence-corrected chi connectivity index (χ3v) is 19.3. The molecule has 10 heteroatoms. The molecule has 0 spiro atoms. The lowest BCUT2D eigenvalue weighted by atomic mass is 9.67. The normalized spacial score (nSPS) is 18.6. The number of rotatable bonds is 4. The molecule has 4 rings (SSSR count). The molecule has 4 aliphatic rings. The Morgan fingerprint density at radius 1 is 0.422 bits per heavy atom. The number of Topliss-reactive ketones (excluding diaryl/α,β-unsaturated/α-hetero) is 3. The van der Waals surface area contributed by atoms with Crippen LogP contribution in [-0.4, -0.2) is 88.8 Å². The zero-order valence-corrected chi connectivity index (χ0v) is 67.2. The quantitative estimate of drug-likeness (QED) is 0.295. The Morgan fingerprint density at radius 3 is 1.06 bits per heavy atom. The smallest absolute Gasteiger partial charge is 0.410 e. The summed E-state index contributed by atoms with van der Waals surface area (Å²) in [4.78, 5) is 59.9. The number of carbonyl (C=O) groups excluding carboxylic acids is 5. The highest BCUT2D eigenvalue weighted by atomic mass is 16.6. The van der Waals surface area contributed by atoms with Gasteiger partial charge in [0.1, 0.15) is 28.6 Å². The zero-order chi connectivity index (χ0) is 71.6. The second kappa shape index (κ2) is 40.2. The fraction of sp³-hybridized carbons (Fsp3) is 0.938. The van der Waals surface area contributed by atoms with E-state index in [4.69, 9.17) is 9.47 Å². The number of nitrogens with zero attached hydrogens (tertiary/aromatic N) is 2. The van der Waals surface area contributed by atoms with E-state index in [2.05, 4.69) is 165 Å². The summed E-state index contributed by atoms with van der Waals surface area (Å²) < 4.78 is 10.9. The topological polar surface area (TPSA) is 122 Å². The van der Waals surface area contributed by atoms with Crippen LogP contribution in [0.2, 0.25) is 0 Å². The summed E-state index contributed by atoms with van der Waals surface area (Å²) in [6.45, 7) is 84.2. The standard InChI is InChI=1S/2C14H27NO2.C11H22O.C10H20.C9H19N.C8H18.C7H14O.C6H12O.CH4/c1-13(2,3)11-7-9-15(10-8-11)12(16)17-14(4,5)6;1-13(2,3)11-9-7-8-10-15(11)12(16)17-14(4,5)6;1-9(12)7-8-11(5,6)10(2,3)4;1-10(2,3)9-7-5-4-6-8-9;1-9(2,3)8-6-4-5-7-10-8;1-7(2,3)8(4,5)6;1-5-6(8)7(2,3)4;1-5(7)6(2,3)4;/h2*11H,7-10H2,1-6H3;7-8H2,1-6H3;9H,4-8H2,1-3H3;8,10H,4-7H2,1-3H3;1-6H3;5H2,1-4H3;1-4H3;1H4. The van der Waals surface area contributed by atoms with Crippen LogP contribution in [0.25, 0.3) is 0 Å². The Morgan fingerprint density at radius 2 is 0.800 bits per heavy atom. The van der Waals surface area contributed by atoms with Gasteiger partial charge in [0.15, 0.2) is 0 Å². The average Bonchev–Trinajstić information content (AvgIpc) is 1.10. The van der Waals surface area contributed by atoms with Crippen molar-refractivity contribution in [2.24, 2.45) is 66.0 Å². The predicted molar refractivity (Wildman–Crippen MR) is 395 cm³/mol. The number of ether oxygens (including phenoxy) is 2. The van der Waals surface area contributed by atoms with E-state index in [9.17, 15) is 24.0 Å². The highest BCUT2D eigenvalue weighted by Gasteiger charge is 2.38. The Labute approximate surface area is 564 Å². The molecule has 2 atom stereocenters. The molecule has 3 aliphatic heterocycles. The maximum atomic E-state index is 12.2. The third kappa shape index (κ3) is 46.6. The average molecular weight is 1280 g/mol. The van der Waals surface area contributed by atoms with Crippen molar-refractivity contribution in [1.82, 2.24) is 15.1 Å². The summed E-state index contributed by atoms with van der Waals surface area (Å²) in [7, 11) is 0. The summed E-state index contributed by atoms with van der Waals surface area (Å²) in [5.74, 6) is 2.58. The van der Waals surface area contributed by atoms with Gasteiger partial charge in [-0.25, -0.2) is 9.59 Å². The van der Waals surface area contributed by atoms with Gasteiger partial charge in [-0.1, -0.05) is 241 Å². The van der Waals surface area contributed by atoms with Gasteiger partial charge in [-0.15, -0.1) is 0 Å². The minimum absolute atomic E-state index is 0. The molecular weight excluding hydrogens is 1110 g/mol. The van der Waals surface area contributed by atoms with Crippen molar-refractivity contribution in [3.8, 4) is 0 Å². The second-order valence-electron chi connectivity index (χ2n) is 38.9. The third-order valence-electron chi connectivity index (χ3n) is 19.3. The molecule has 1 saturated carbocycles. The van der Waals surface area contributed by atoms with E-state index in [0.29, 0.717) is 63.4 Å². The maximum Gasteiger partial charge on any atom is 0.410 e. The van der Waals surface area contributed by atoms with Crippen molar-refractivity contribution >= 4 is 29.5 Å². The van der Waals surface area contributed by atoms with Gasteiger partial charge in [0, 0.05) is 55.4 Å². The molecule has 3 saturated heterocycles. The summed E-state index contributed by atoms with van der Waals surface area (Å²) in [5.41, 5.74) is 1.84. The van der Waals surface area contributed by atoms with Crippen LogP contribution in [0.3, 0.4) is 0 Å². The van der Waals surface area contributed by atoms with Crippen molar-refractivity contribution in [1.29, 1.82) is 0 Å². The lowest BCUT2D eigenvalue weighted by molar-refractivity contribution is -0.126. The number of hydrogen-bond donors (Lipinski definition) is 1. The number of ketones is 3. The fourth-order valence-corrected chi connectivity index (χ4v) is 9.58. The van der Waals surface area contributed by atoms with Gasteiger partial charge in [0.05, 0.1) is 0 Å². The minimum Gasteiger partial charge on any atom is -0.444 e. The van der Waals surface area contributed by atoms with Crippen molar-refractivity contribution in [2.45, 2.75) is 397 Å². The molecule has 4 fully saturated rings. The predicted octanol–water partition coefficient (Wildman–Crippen LogP) is 24.1. The summed E-state index contributed by atoms with van der Waals surface area (Å²) in [6, 6.07) is 1.05. The van der Waals surface area contributed by atoms with Gasteiger partial charge >= 0.3 is 12.2 Å². The van der Waals surface area contributed by atoms with E-state index in [1.165, 1.54) is 64.3 Å². The first-order chi connectivity index (χ1) is 39.3. The number of amides is 2. The molecule has 2 amide bonds. The molecule has 0 aromatic carbocycles. The molecule has 0 aromatic rings. The summed E-state index contributed by atoms with van der Waals surface area (Å²) in [5, 5.41) is 3.56. The van der Waals surface area contributed by atoms with Crippen LogP contribution in [0.5, 0.6) is 0 Å². The van der Waals surface area contributed by atoms with E-state index >= 15 is 0 Å². The zero-order valence-electron chi connectivity index (χ0n) is 67.2. The van der Waals surface area contributed by atoms with Crippen LogP contribution in [0.15, 0.2) is 0 Å². The van der Waals surface area contributed by atoms with Gasteiger partial charge in [0.25, 0.3) is 0 Å². The van der Waals surface area contributed by atoms with Crippen molar-refractivity contribution in [3.63, 3.8) is 0 Å². The number of piperidine rings is 3. The van der Waals surface area contributed by atoms with Crippen LogP contribution >= 0.6 is 0 Å². The van der Waals surface area contributed by atoms with Gasteiger partial charge < -0.3 is 29.4 Å². The van der Waals surface area contributed by atoms with E-state index in [1.807, 2.05) is 99.8 Å². The van der Waals surface area contributed by atoms with Crippen LogP contribution < -0.4 is 5.32 Å². The molecule has 90 heavy (non-hydrogen) atoms. The van der Waals surface area contributed by atoms with Gasteiger partial charge in [0.2, 0.25) is 0 Å².